The standard InChI is InChI=1S/C16H19N3O/c1-12-6-9-19(10-7-12)16(20)18-15-4-2-3-13-5-8-17-11-14(13)15/h2-5,8,11-12H,6-7,9-10H2,1H3,(H,18,20). The molecular formula is C16H19N3O. The summed E-state index contributed by atoms with van der Waals surface area (Å²) in [5.74, 6) is 0.723. The molecule has 2 heterocycles. The van der Waals surface area contributed by atoms with Crippen LogP contribution in [0, 0.1) is 5.92 Å². The normalized spacial score (nSPS) is 16.4. The van der Waals surface area contributed by atoms with Gasteiger partial charge in [-0.1, -0.05) is 19.1 Å². The van der Waals surface area contributed by atoms with Crippen LogP contribution in [0.2, 0.25) is 0 Å². The molecule has 20 heavy (non-hydrogen) atoms. The van der Waals surface area contributed by atoms with Crippen molar-refractivity contribution in [3.63, 3.8) is 0 Å². The number of likely N-dealkylation sites (tertiary alicyclic amines) is 1. The van der Waals surface area contributed by atoms with Crippen molar-refractivity contribution in [2.24, 2.45) is 5.92 Å². The first-order valence-corrected chi connectivity index (χ1v) is 7.13. The Labute approximate surface area is 118 Å². The van der Waals surface area contributed by atoms with Crippen molar-refractivity contribution in [3.05, 3.63) is 36.7 Å². The fourth-order valence-corrected chi connectivity index (χ4v) is 2.63. The van der Waals surface area contributed by atoms with Crippen molar-refractivity contribution in [2.75, 3.05) is 18.4 Å². The fourth-order valence-electron chi connectivity index (χ4n) is 2.63. The number of aromatic nitrogens is 1. The molecule has 2 amide bonds. The van der Waals surface area contributed by atoms with Gasteiger partial charge in [0, 0.05) is 30.9 Å². The number of pyridine rings is 1. The van der Waals surface area contributed by atoms with E-state index in [0.29, 0.717) is 0 Å². The van der Waals surface area contributed by atoms with Crippen LogP contribution >= 0.6 is 0 Å². The highest BCUT2D eigenvalue weighted by atomic mass is 16.2. The van der Waals surface area contributed by atoms with Gasteiger partial charge < -0.3 is 10.2 Å². The molecule has 4 nitrogen and oxygen atoms in total. The van der Waals surface area contributed by atoms with Crippen LogP contribution in [-0.2, 0) is 0 Å². The Bertz CT molecular complexity index is 613. The number of nitrogens with one attached hydrogen (secondary N) is 1. The molecule has 1 aromatic heterocycles. The van der Waals surface area contributed by atoms with E-state index in [4.69, 9.17) is 0 Å². The van der Waals surface area contributed by atoms with Gasteiger partial charge in [-0.05, 0) is 36.3 Å². The Hall–Kier alpha value is -2.10. The molecule has 0 saturated carbocycles. The molecule has 4 heteroatoms. The van der Waals surface area contributed by atoms with Crippen LogP contribution in [-0.4, -0.2) is 29.0 Å². The van der Waals surface area contributed by atoms with Gasteiger partial charge in [0.05, 0.1) is 5.69 Å². The van der Waals surface area contributed by atoms with Crippen LogP contribution in [0.3, 0.4) is 0 Å². The Kier molecular flexibility index (Phi) is 3.54. The third-order valence-corrected chi connectivity index (χ3v) is 4.00. The number of nitrogens with zero attached hydrogens (tertiary/aromatic N) is 2. The maximum Gasteiger partial charge on any atom is 0.321 e. The fraction of sp³-hybridized carbons (Fsp3) is 0.375. The van der Waals surface area contributed by atoms with E-state index in [-0.39, 0.29) is 6.03 Å². The molecule has 1 aromatic carbocycles. The second-order valence-electron chi connectivity index (χ2n) is 5.50. The number of anilines is 1. The maximum atomic E-state index is 12.3. The van der Waals surface area contributed by atoms with E-state index in [0.717, 1.165) is 48.3 Å². The summed E-state index contributed by atoms with van der Waals surface area (Å²) in [5, 5.41) is 5.08. The number of piperidine rings is 1. The Balaban J connectivity index is 1.77. The van der Waals surface area contributed by atoms with Gasteiger partial charge in [-0.25, -0.2) is 4.79 Å². The molecule has 0 radical (unpaired) electrons. The highest BCUT2D eigenvalue weighted by Gasteiger charge is 2.20. The summed E-state index contributed by atoms with van der Waals surface area (Å²) in [6.07, 6.45) is 5.73. The van der Waals surface area contributed by atoms with Gasteiger partial charge >= 0.3 is 6.03 Å². The van der Waals surface area contributed by atoms with Crippen molar-refractivity contribution in [3.8, 4) is 0 Å². The Morgan fingerprint density at radius 1 is 1.30 bits per heavy atom. The SMILES string of the molecule is CC1CCN(C(=O)Nc2cccc3ccncc23)CC1. The number of urea groups is 1. The Morgan fingerprint density at radius 3 is 2.90 bits per heavy atom. The molecule has 2 aromatic rings. The number of amides is 2. The van der Waals surface area contributed by atoms with Gasteiger partial charge in [0.1, 0.15) is 0 Å². The average Bonchev–Trinajstić information content (AvgIpc) is 2.48. The smallest absolute Gasteiger partial charge is 0.321 e. The summed E-state index contributed by atoms with van der Waals surface area (Å²) < 4.78 is 0. The molecule has 0 aliphatic carbocycles. The summed E-state index contributed by atoms with van der Waals surface area (Å²) in [5.41, 5.74) is 0.833. The van der Waals surface area contributed by atoms with Crippen LogP contribution in [0.5, 0.6) is 0 Å². The number of carbonyl (C=O) groups excluding carboxylic acids is 1. The monoisotopic (exact) mass is 269 g/mol. The topological polar surface area (TPSA) is 45.2 Å². The van der Waals surface area contributed by atoms with Gasteiger partial charge in [0.2, 0.25) is 0 Å². The van der Waals surface area contributed by atoms with E-state index >= 15 is 0 Å². The van der Waals surface area contributed by atoms with Crippen molar-refractivity contribution < 1.29 is 4.79 Å². The maximum absolute atomic E-state index is 12.3. The van der Waals surface area contributed by atoms with Crippen LogP contribution in [0.25, 0.3) is 10.8 Å². The molecule has 1 saturated heterocycles. The third kappa shape index (κ3) is 2.59. The summed E-state index contributed by atoms with van der Waals surface area (Å²) in [4.78, 5) is 18.3. The molecule has 104 valence electrons. The lowest BCUT2D eigenvalue weighted by atomic mass is 10.00. The first-order valence-electron chi connectivity index (χ1n) is 7.13. The minimum absolute atomic E-state index is 0.00625. The minimum atomic E-state index is -0.00625. The zero-order valence-corrected chi connectivity index (χ0v) is 11.7. The van der Waals surface area contributed by atoms with Gasteiger partial charge in [-0.2, -0.15) is 0 Å². The largest absolute Gasteiger partial charge is 0.325 e. The molecular weight excluding hydrogens is 250 g/mol. The lowest BCUT2D eigenvalue weighted by Crippen LogP contribution is -2.40. The lowest BCUT2D eigenvalue weighted by Gasteiger charge is -2.30. The van der Waals surface area contributed by atoms with E-state index in [9.17, 15) is 4.79 Å². The molecule has 0 bridgehead atoms. The molecule has 0 unspecified atom stereocenters. The average molecular weight is 269 g/mol. The van der Waals surface area contributed by atoms with Crippen LogP contribution < -0.4 is 5.32 Å². The predicted molar refractivity (Wildman–Crippen MR) is 80.7 cm³/mol. The van der Waals surface area contributed by atoms with Crippen molar-refractivity contribution in [1.29, 1.82) is 0 Å². The van der Waals surface area contributed by atoms with Crippen molar-refractivity contribution >= 4 is 22.5 Å². The molecule has 3 rings (SSSR count). The van der Waals surface area contributed by atoms with Gasteiger partial charge in [-0.15, -0.1) is 0 Å². The van der Waals surface area contributed by atoms with Gasteiger partial charge in [0.15, 0.2) is 0 Å². The highest BCUT2D eigenvalue weighted by molar-refractivity contribution is 6.01. The second kappa shape index (κ2) is 5.49. The first kappa shape index (κ1) is 12.9. The summed E-state index contributed by atoms with van der Waals surface area (Å²) in [6, 6.07) is 7.85. The number of fused-ring (bicyclic) bond motifs is 1. The first-order chi connectivity index (χ1) is 9.74. The zero-order chi connectivity index (χ0) is 13.9. The molecule has 1 fully saturated rings. The van der Waals surface area contributed by atoms with E-state index in [1.54, 1.807) is 12.4 Å². The molecule has 1 N–H and O–H groups in total. The summed E-state index contributed by atoms with van der Waals surface area (Å²) in [6.45, 7) is 3.93. The minimum Gasteiger partial charge on any atom is -0.325 e. The number of hydrogen-bond acceptors (Lipinski definition) is 2. The number of rotatable bonds is 1. The van der Waals surface area contributed by atoms with Crippen molar-refractivity contribution in [2.45, 2.75) is 19.8 Å². The zero-order valence-electron chi connectivity index (χ0n) is 11.7. The molecule has 0 spiro atoms. The van der Waals surface area contributed by atoms with E-state index in [1.165, 1.54) is 0 Å². The quantitative estimate of drug-likeness (QED) is 0.861. The van der Waals surface area contributed by atoms with E-state index in [1.807, 2.05) is 29.2 Å². The van der Waals surface area contributed by atoms with Crippen molar-refractivity contribution in [1.82, 2.24) is 9.88 Å². The summed E-state index contributed by atoms with van der Waals surface area (Å²) >= 11 is 0. The number of benzene rings is 1. The number of hydrogen-bond donors (Lipinski definition) is 1. The molecule has 1 aliphatic rings. The third-order valence-electron chi connectivity index (χ3n) is 4.00. The molecule has 0 atom stereocenters. The molecule has 1 aliphatic heterocycles. The number of carbonyl (C=O) groups is 1. The van der Waals surface area contributed by atoms with Crippen LogP contribution in [0.4, 0.5) is 10.5 Å². The van der Waals surface area contributed by atoms with Crippen LogP contribution in [0.15, 0.2) is 36.7 Å². The van der Waals surface area contributed by atoms with E-state index < -0.39 is 0 Å². The van der Waals surface area contributed by atoms with Crippen LogP contribution in [0.1, 0.15) is 19.8 Å². The van der Waals surface area contributed by atoms with E-state index in [2.05, 4.69) is 17.2 Å². The second-order valence-corrected chi connectivity index (χ2v) is 5.50. The highest BCUT2D eigenvalue weighted by Crippen LogP contribution is 2.23. The van der Waals surface area contributed by atoms with Gasteiger partial charge in [0.25, 0.3) is 0 Å². The summed E-state index contributed by atoms with van der Waals surface area (Å²) in [7, 11) is 0. The van der Waals surface area contributed by atoms with Gasteiger partial charge in [-0.3, -0.25) is 4.98 Å². The lowest BCUT2D eigenvalue weighted by molar-refractivity contribution is 0.186. The Morgan fingerprint density at radius 2 is 2.10 bits per heavy atom. The predicted octanol–water partition coefficient (Wildman–Crippen LogP) is 3.50.